The highest BCUT2D eigenvalue weighted by atomic mass is 35.5. The molecular formula is C22H16ClNO3S. The Labute approximate surface area is 171 Å². The fourth-order valence-corrected chi connectivity index (χ4v) is 4.42. The van der Waals surface area contributed by atoms with Crippen molar-refractivity contribution >= 4 is 34.8 Å². The van der Waals surface area contributed by atoms with Crippen molar-refractivity contribution in [3.8, 4) is 11.5 Å². The van der Waals surface area contributed by atoms with E-state index in [2.05, 4.69) is 16.3 Å². The third-order valence-electron chi connectivity index (χ3n) is 4.79. The van der Waals surface area contributed by atoms with Crippen molar-refractivity contribution in [3.63, 3.8) is 0 Å². The minimum Gasteiger partial charge on any atom is -0.478 e. The second-order valence-electron chi connectivity index (χ2n) is 6.75. The molecular weight excluding hydrogens is 394 g/mol. The zero-order chi connectivity index (χ0) is 19.1. The molecule has 6 heteroatoms. The molecule has 2 aliphatic heterocycles. The van der Waals surface area contributed by atoms with E-state index >= 15 is 0 Å². The molecule has 2 aliphatic rings. The predicted molar refractivity (Wildman–Crippen MR) is 110 cm³/mol. The van der Waals surface area contributed by atoms with E-state index in [9.17, 15) is 4.79 Å². The molecule has 3 aromatic rings. The molecule has 3 heterocycles. The molecule has 0 aliphatic carbocycles. The molecule has 0 radical (unpaired) electrons. The molecule has 1 aromatic heterocycles. The van der Waals surface area contributed by atoms with Crippen LogP contribution >= 0.6 is 22.9 Å². The van der Waals surface area contributed by atoms with E-state index < -0.39 is 0 Å². The number of rotatable bonds is 3. The molecule has 0 atom stereocenters. The zero-order valence-electron chi connectivity index (χ0n) is 14.9. The van der Waals surface area contributed by atoms with Crippen molar-refractivity contribution in [3.05, 3.63) is 86.3 Å². The third kappa shape index (κ3) is 3.22. The number of ether oxygens (including phenoxy) is 2. The molecule has 0 N–H and O–H groups in total. The molecule has 0 unspecified atom stereocenters. The molecule has 2 aromatic carbocycles. The summed E-state index contributed by atoms with van der Waals surface area (Å²) >= 11 is 7.77. The first-order chi connectivity index (χ1) is 13.7. The molecule has 0 saturated carbocycles. The number of hydrogen-bond acceptors (Lipinski definition) is 5. The van der Waals surface area contributed by atoms with Crippen LogP contribution in [-0.4, -0.2) is 17.4 Å². The van der Waals surface area contributed by atoms with Crippen LogP contribution in [0.2, 0.25) is 5.02 Å². The van der Waals surface area contributed by atoms with E-state index in [1.54, 1.807) is 35.6 Å². The van der Waals surface area contributed by atoms with Gasteiger partial charge in [-0.3, -0.25) is 9.69 Å². The smallest absolute Gasteiger partial charge is 0.231 e. The number of halogens is 1. The van der Waals surface area contributed by atoms with Crippen LogP contribution in [0.3, 0.4) is 0 Å². The largest absolute Gasteiger partial charge is 0.478 e. The second kappa shape index (κ2) is 7.09. The summed E-state index contributed by atoms with van der Waals surface area (Å²) < 4.78 is 11.9. The van der Waals surface area contributed by atoms with Gasteiger partial charge < -0.3 is 9.47 Å². The minimum absolute atomic E-state index is 0.117. The predicted octanol–water partition coefficient (Wildman–Crippen LogP) is 5.37. The Morgan fingerprint density at radius 1 is 1.18 bits per heavy atom. The molecule has 0 saturated heterocycles. The van der Waals surface area contributed by atoms with Crippen LogP contribution in [-0.2, 0) is 13.1 Å². The van der Waals surface area contributed by atoms with Gasteiger partial charge in [0.2, 0.25) is 5.78 Å². The van der Waals surface area contributed by atoms with Crippen LogP contribution in [0.15, 0.2) is 59.7 Å². The molecule has 140 valence electrons. The normalized spacial score (nSPS) is 17.2. The standard InChI is InChI=1S/C22H16ClNO3S/c23-15-4-1-3-14(9-15)10-20-21(25)17-6-7-19-18(22(17)27-20)12-24(13-26-19)11-16-5-2-8-28-16/h1-10H,11-13H2/b20-10-. The number of hydrogen-bond donors (Lipinski definition) is 0. The van der Waals surface area contributed by atoms with E-state index in [1.807, 2.05) is 24.3 Å². The Kier molecular flexibility index (Phi) is 4.43. The highest BCUT2D eigenvalue weighted by molar-refractivity contribution is 7.09. The van der Waals surface area contributed by atoms with Crippen molar-refractivity contribution in [2.45, 2.75) is 13.1 Å². The first-order valence-electron chi connectivity index (χ1n) is 8.90. The highest BCUT2D eigenvalue weighted by Gasteiger charge is 2.33. The van der Waals surface area contributed by atoms with Gasteiger partial charge in [0.25, 0.3) is 0 Å². The average Bonchev–Trinajstić information content (AvgIpc) is 3.31. The topological polar surface area (TPSA) is 38.8 Å². The number of ketones is 1. The Morgan fingerprint density at radius 2 is 2.11 bits per heavy atom. The van der Waals surface area contributed by atoms with E-state index in [-0.39, 0.29) is 5.78 Å². The molecule has 5 rings (SSSR count). The first-order valence-corrected chi connectivity index (χ1v) is 10.2. The number of fused-ring (bicyclic) bond motifs is 3. The fraction of sp³-hybridized carbons (Fsp3) is 0.136. The lowest BCUT2D eigenvalue weighted by Crippen LogP contribution is -2.31. The van der Waals surface area contributed by atoms with Crippen molar-refractivity contribution in [1.82, 2.24) is 4.90 Å². The first kappa shape index (κ1) is 17.5. The molecule has 0 spiro atoms. The van der Waals surface area contributed by atoms with E-state index in [4.69, 9.17) is 21.1 Å². The number of carbonyl (C=O) groups excluding carboxylic acids is 1. The summed E-state index contributed by atoms with van der Waals surface area (Å²) in [4.78, 5) is 16.3. The van der Waals surface area contributed by atoms with Gasteiger partial charge in [-0.15, -0.1) is 11.3 Å². The van der Waals surface area contributed by atoms with Gasteiger partial charge in [0, 0.05) is 23.0 Å². The minimum atomic E-state index is -0.117. The summed E-state index contributed by atoms with van der Waals surface area (Å²) in [6.07, 6.45) is 1.73. The molecule has 0 bridgehead atoms. The number of carbonyl (C=O) groups is 1. The van der Waals surface area contributed by atoms with Crippen LogP contribution in [0.5, 0.6) is 11.5 Å². The van der Waals surface area contributed by atoms with Gasteiger partial charge in [-0.2, -0.15) is 0 Å². The summed E-state index contributed by atoms with van der Waals surface area (Å²) in [6, 6.07) is 15.1. The molecule has 28 heavy (non-hydrogen) atoms. The van der Waals surface area contributed by atoms with Crippen LogP contribution in [0.25, 0.3) is 6.08 Å². The summed E-state index contributed by atoms with van der Waals surface area (Å²) in [7, 11) is 0. The van der Waals surface area contributed by atoms with Gasteiger partial charge in [0.15, 0.2) is 5.76 Å². The monoisotopic (exact) mass is 409 g/mol. The number of nitrogens with zero attached hydrogens (tertiary/aromatic N) is 1. The maximum absolute atomic E-state index is 12.8. The van der Waals surface area contributed by atoms with Crippen molar-refractivity contribution < 1.29 is 14.3 Å². The van der Waals surface area contributed by atoms with Gasteiger partial charge in [0.05, 0.1) is 11.1 Å². The number of thiophene rings is 1. The van der Waals surface area contributed by atoms with E-state index in [1.165, 1.54) is 4.88 Å². The van der Waals surface area contributed by atoms with Gasteiger partial charge >= 0.3 is 0 Å². The van der Waals surface area contributed by atoms with Crippen molar-refractivity contribution in [1.29, 1.82) is 0 Å². The summed E-state index contributed by atoms with van der Waals surface area (Å²) in [6.45, 7) is 2.00. The van der Waals surface area contributed by atoms with Gasteiger partial charge in [-0.25, -0.2) is 0 Å². The Bertz CT molecular complexity index is 1090. The van der Waals surface area contributed by atoms with E-state index in [0.717, 1.165) is 23.4 Å². The second-order valence-corrected chi connectivity index (χ2v) is 8.22. The molecule has 0 fully saturated rings. The number of Topliss-reactive ketones (excluding diaryl/α,β-unsaturated/α-hetero) is 1. The Hall–Kier alpha value is -2.60. The lowest BCUT2D eigenvalue weighted by Gasteiger charge is -2.29. The zero-order valence-corrected chi connectivity index (χ0v) is 16.4. The third-order valence-corrected chi connectivity index (χ3v) is 5.88. The maximum atomic E-state index is 12.8. The Balaban J connectivity index is 1.45. The maximum Gasteiger partial charge on any atom is 0.231 e. The van der Waals surface area contributed by atoms with Gasteiger partial charge in [0.1, 0.15) is 18.2 Å². The highest BCUT2D eigenvalue weighted by Crippen LogP contribution is 2.42. The quantitative estimate of drug-likeness (QED) is 0.545. The van der Waals surface area contributed by atoms with Crippen molar-refractivity contribution in [2.24, 2.45) is 0 Å². The van der Waals surface area contributed by atoms with E-state index in [0.29, 0.717) is 35.4 Å². The fourth-order valence-electron chi connectivity index (χ4n) is 3.48. The summed E-state index contributed by atoms with van der Waals surface area (Å²) in [5.74, 6) is 1.57. The average molecular weight is 410 g/mol. The van der Waals surface area contributed by atoms with Crippen LogP contribution in [0.4, 0.5) is 0 Å². The lowest BCUT2D eigenvalue weighted by molar-refractivity contribution is 0.0882. The Morgan fingerprint density at radius 3 is 2.93 bits per heavy atom. The van der Waals surface area contributed by atoms with Crippen LogP contribution in [0.1, 0.15) is 26.4 Å². The summed E-state index contributed by atoms with van der Waals surface area (Å²) in [5.41, 5.74) is 2.32. The lowest BCUT2D eigenvalue weighted by atomic mass is 10.0. The van der Waals surface area contributed by atoms with Crippen LogP contribution < -0.4 is 9.47 Å². The molecule has 0 amide bonds. The van der Waals surface area contributed by atoms with Gasteiger partial charge in [-0.1, -0.05) is 29.8 Å². The number of benzene rings is 2. The molecule has 4 nitrogen and oxygen atoms in total. The van der Waals surface area contributed by atoms with Crippen LogP contribution in [0, 0.1) is 0 Å². The van der Waals surface area contributed by atoms with Crippen molar-refractivity contribution in [2.75, 3.05) is 6.73 Å². The summed E-state index contributed by atoms with van der Waals surface area (Å²) in [5, 5.41) is 2.69. The van der Waals surface area contributed by atoms with Gasteiger partial charge in [-0.05, 0) is 47.4 Å². The number of allylic oxidation sites excluding steroid dienone is 1. The SMILES string of the molecule is O=C1/C(=C/c2cccc(Cl)c2)Oc2c1ccc1c2CN(Cc2cccs2)CO1.